The zero-order valence-corrected chi connectivity index (χ0v) is 15.5. The molecular formula is C22H22FN2O3+. The predicted octanol–water partition coefficient (Wildman–Crippen LogP) is 2.61. The second-order valence-corrected chi connectivity index (χ2v) is 7.17. The second kappa shape index (κ2) is 7.94. The Morgan fingerprint density at radius 1 is 1.04 bits per heavy atom. The van der Waals surface area contributed by atoms with Crippen molar-refractivity contribution in [3.05, 3.63) is 64.6 Å². The Bertz CT molecular complexity index is 1050. The van der Waals surface area contributed by atoms with Crippen molar-refractivity contribution in [3.8, 4) is 11.1 Å². The summed E-state index contributed by atoms with van der Waals surface area (Å²) in [7, 11) is 0. The van der Waals surface area contributed by atoms with Gasteiger partial charge in [-0.15, -0.1) is 0 Å². The topological polar surface area (TPSA) is 63.8 Å². The van der Waals surface area contributed by atoms with Gasteiger partial charge in [0.2, 0.25) is 11.3 Å². The highest BCUT2D eigenvalue weighted by Crippen LogP contribution is 2.28. The fourth-order valence-corrected chi connectivity index (χ4v) is 3.74. The lowest BCUT2D eigenvalue weighted by molar-refractivity contribution is -0.896. The van der Waals surface area contributed by atoms with E-state index >= 15 is 0 Å². The van der Waals surface area contributed by atoms with E-state index in [2.05, 4.69) is 5.32 Å². The smallest absolute Gasteiger partial charge is 0.281 e. The number of para-hydroxylation sites is 1. The van der Waals surface area contributed by atoms with Crippen LogP contribution in [0.15, 0.2) is 57.7 Å². The molecule has 2 aromatic carbocycles. The molecule has 0 aliphatic carbocycles. The van der Waals surface area contributed by atoms with Gasteiger partial charge in [-0.1, -0.05) is 24.3 Å². The molecule has 4 rings (SSSR count). The first-order valence-corrected chi connectivity index (χ1v) is 9.57. The third-order valence-corrected chi connectivity index (χ3v) is 5.15. The molecule has 144 valence electrons. The molecule has 0 atom stereocenters. The molecule has 5 nitrogen and oxygen atoms in total. The fraction of sp³-hybridized carbons (Fsp3) is 0.273. The van der Waals surface area contributed by atoms with Gasteiger partial charge < -0.3 is 9.32 Å². The molecule has 0 saturated carbocycles. The van der Waals surface area contributed by atoms with Crippen molar-refractivity contribution in [3.63, 3.8) is 0 Å². The van der Waals surface area contributed by atoms with Crippen LogP contribution in [0.3, 0.4) is 0 Å². The van der Waals surface area contributed by atoms with Crippen molar-refractivity contribution in [1.29, 1.82) is 0 Å². The van der Waals surface area contributed by atoms with E-state index < -0.39 is 5.82 Å². The molecule has 2 N–H and O–H groups in total. The number of carbonyl (C=O) groups excluding carboxylic acids is 1. The standard InChI is InChI=1S/C22H21FN2O3/c23-16-10-8-15(9-11-16)20-21(27)17-6-2-3-7-18(17)28-22(20)24-19(26)14-25-12-4-1-5-13-25/h2-3,6-11H,1,4-5,12-14H2,(H,24,26)/p+1. The van der Waals surface area contributed by atoms with Crippen LogP contribution in [0.25, 0.3) is 22.1 Å². The average Bonchev–Trinajstić information content (AvgIpc) is 2.70. The van der Waals surface area contributed by atoms with Crippen LogP contribution in [0.4, 0.5) is 10.3 Å². The van der Waals surface area contributed by atoms with Crippen molar-refractivity contribution < 1.29 is 18.5 Å². The van der Waals surface area contributed by atoms with Crippen LogP contribution >= 0.6 is 0 Å². The molecule has 1 saturated heterocycles. The molecule has 1 aliphatic rings. The van der Waals surface area contributed by atoms with Gasteiger partial charge in [-0.05, 0) is 49.1 Å². The minimum atomic E-state index is -0.395. The van der Waals surface area contributed by atoms with Crippen LogP contribution in [0.5, 0.6) is 0 Å². The Balaban J connectivity index is 1.73. The van der Waals surface area contributed by atoms with Gasteiger partial charge in [0.15, 0.2) is 6.54 Å². The highest BCUT2D eigenvalue weighted by molar-refractivity contribution is 5.96. The number of halogens is 1. The predicted molar refractivity (Wildman–Crippen MR) is 106 cm³/mol. The zero-order chi connectivity index (χ0) is 19.5. The maximum atomic E-state index is 13.4. The van der Waals surface area contributed by atoms with Gasteiger partial charge in [-0.2, -0.15) is 0 Å². The van der Waals surface area contributed by atoms with Gasteiger partial charge >= 0.3 is 0 Å². The molecule has 3 aromatic rings. The Morgan fingerprint density at radius 2 is 1.75 bits per heavy atom. The summed E-state index contributed by atoms with van der Waals surface area (Å²) in [5, 5.41) is 3.20. The first-order chi connectivity index (χ1) is 13.6. The van der Waals surface area contributed by atoms with Crippen molar-refractivity contribution >= 4 is 22.8 Å². The van der Waals surface area contributed by atoms with Gasteiger partial charge in [-0.25, -0.2) is 4.39 Å². The summed E-state index contributed by atoms with van der Waals surface area (Å²) in [5.41, 5.74) is 0.885. The van der Waals surface area contributed by atoms with Crippen LogP contribution in [0.2, 0.25) is 0 Å². The summed E-state index contributed by atoms with van der Waals surface area (Å²) in [6, 6.07) is 12.5. The fourth-order valence-electron chi connectivity index (χ4n) is 3.74. The van der Waals surface area contributed by atoms with Crippen LogP contribution in [0.1, 0.15) is 19.3 Å². The molecular weight excluding hydrogens is 359 g/mol. The van der Waals surface area contributed by atoms with Gasteiger partial charge in [-0.3, -0.25) is 14.9 Å². The summed E-state index contributed by atoms with van der Waals surface area (Å²) >= 11 is 0. The Hall–Kier alpha value is -2.99. The first-order valence-electron chi connectivity index (χ1n) is 9.57. The number of rotatable bonds is 4. The monoisotopic (exact) mass is 381 g/mol. The third kappa shape index (κ3) is 3.82. The molecule has 28 heavy (non-hydrogen) atoms. The number of amides is 1. The molecule has 1 aliphatic heterocycles. The minimum absolute atomic E-state index is 0.108. The number of hydrogen-bond acceptors (Lipinski definition) is 3. The quantitative estimate of drug-likeness (QED) is 0.730. The highest BCUT2D eigenvalue weighted by Gasteiger charge is 2.22. The molecule has 0 radical (unpaired) electrons. The molecule has 1 fully saturated rings. The summed E-state index contributed by atoms with van der Waals surface area (Å²) in [6.07, 6.45) is 3.45. The number of hydrogen-bond donors (Lipinski definition) is 2. The van der Waals surface area contributed by atoms with Crippen LogP contribution in [-0.4, -0.2) is 25.5 Å². The van der Waals surface area contributed by atoms with E-state index in [0.29, 0.717) is 23.1 Å². The summed E-state index contributed by atoms with van der Waals surface area (Å²) in [5.74, 6) is -0.483. The summed E-state index contributed by atoms with van der Waals surface area (Å²) in [4.78, 5) is 26.9. The van der Waals surface area contributed by atoms with E-state index in [0.717, 1.165) is 25.9 Å². The lowest BCUT2D eigenvalue weighted by Gasteiger charge is -2.22. The van der Waals surface area contributed by atoms with E-state index in [9.17, 15) is 14.0 Å². The lowest BCUT2D eigenvalue weighted by atomic mass is 10.0. The minimum Gasteiger partial charge on any atom is -0.439 e. The SMILES string of the molecule is O=C(C[NH+]1CCCCC1)Nc1oc2ccccc2c(=O)c1-c1ccc(F)cc1. The number of carbonyl (C=O) groups is 1. The maximum absolute atomic E-state index is 13.4. The molecule has 1 aromatic heterocycles. The van der Waals surface area contributed by atoms with E-state index in [-0.39, 0.29) is 22.8 Å². The first kappa shape index (κ1) is 18.4. The summed E-state index contributed by atoms with van der Waals surface area (Å²) in [6.45, 7) is 2.28. The number of fused-ring (bicyclic) bond motifs is 1. The molecule has 1 amide bonds. The molecule has 0 unspecified atom stereocenters. The van der Waals surface area contributed by atoms with Crippen molar-refractivity contribution in [2.24, 2.45) is 0 Å². The lowest BCUT2D eigenvalue weighted by Crippen LogP contribution is -3.13. The molecule has 6 heteroatoms. The van der Waals surface area contributed by atoms with E-state index in [4.69, 9.17) is 4.42 Å². The number of benzene rings is 2. The van der Waals surface area contributed by atoms with Gasteiger partial charge in [0.1, 0.15) is 11.4 Å². The largest absolute Gasteiger partial charge is 0.439 e. The zero-order valence-electron chi connectivity index (χ0n) is 15.5. The second-order valence-electron chi connectivity index (χ2n) is 7.17. The van der Waals surface area contributed by atoms with Gasteiger partial charge in [0.05, 0.1) is 24.0 Å². The van der Waals surface area contributed by atoms with Crippen LogP contribution in [-0.2, 0) is 4.79 Å². The summed E-state index contributed by atoms with van der Waals surface area (Å²) < 4.78 is 19.2. The van der Waals surface area contributed by atoms with Crippen molar-refractivity contribution in [1.82, 2.24) is 0 Å². The molecule has 0 spiro atoms. The van der Waals surface area contributed by atoms with Crippen molar-refractivity contribution in [2.45, 2.75) is 19.3 Å². The van der Waals surface area contributed by atoms with Crippen molar-refractivity contribution in [2.75, 3.05) is 25.0 Å². The molecule has 0 bridgehead atoms. The van der Waals surface area contributed by atoms with Crippen LogP contribution in [0, 0.1) is 5.82 Å². The van der Waals surface area contributed by atoms with E-state index in [1.54, 1.807) is 24.3 Å². The maximum Gasteiger partial charge on any atom is 0.281 e. The normalized spacial score (nSPS) is 14.9. The highest BCUT2D eigenvalue weighted by atomic mass is 19.1. The Morgan fingerprint density at radius 3 is 2.50 bits per heavy atom. The Kier molecular flexibility index (Phi) is 5.21. The van der Waals surface area contributed by atoms with E-state index in [1.165, 1.54) is 35.6 Å². The number of piperidine rings is 1. The number of nitrogens with one attached hydrogen (secondary N) is 2. The number of quaternary nitrogens is 1. The third-order valence-electron chi connectivity index (χ3n) is 5.15. The van der Waals surface area contributed by atoms with Gasteiger partial charge in [0.25, 0.3) is 5.91 Å². The number of likely N-dealkylation sites (tertiary alicyclic amines) is 1. The Labute approximate surface area is 161 Å². The van der Waals surface area contributed by atoms with Crippen LogP contribution < -0.4 is 15.6 Å². The average molecular weight is 381 g/mol. The van der Waals surface area contributed by atoms with E-state index in [1.807, 2.05) is 0 Å². The number of anilines is 1. The van der Waals surface area contributed by atoms with Gasteiger partial charge in [0, 0.05) is 0 Å². The molecule has 2 heterocycles.